The first kappa shape index (κ1) is 5.39. The lowest BCUT2D eigenvalue weighted by atomic mass is 11.0. The lowest BCUT2D eigenvalue weighted by Crippen LogP contribution is -2.06. The van der Waals surface area contributed by atoms with Gasteiger partial charge in [-0.05, 0) is 14.1 Å². The molecule has 0 aromatic rings. The molecule has 0 aliphatic carbocycles. The molecule has 0 spiro atoms. The van der Waals surface area contributed by atoms with E-state index in [9.17, 15) is 0 Å². The maximum absolute atomic E-state index is 2.62. The zero-order valence-electron chi connectivity index (χ0n) is 3.73. The van der Waals surface area contributed by atoms with Gasteiger partial charge in [-0.25, -0.2) is 0 Å². The molecule has 0 aliphatic heterocycles. The van der Waals surface area contributed by atoms with Gasteiger partial charge < -0.3 is 4.90 Å². The van der Waals surface area contributed by atoms with Gasteiger partial charge in [-0.3, -0.25) is 0 Å². The molecule has 0 aliphatic rings. The van der Waals surface area contributed by atoms with Gasteiger partial charge in [0.1, 0.15) is 0 Å². The van der Waals surface area contributed by atoms with Crippen LogP contribution in [0.3, 0.4) is 0 Å². The predicted octanol–water partition coefficient (Wildman–Crippen LogP) is 0.381. The van der Waals surface area contributed by atoms with Crippen LogP contribution in [0.2, 0.25) is 0 Å². The van der Waals surface area contributed by atoms with Gasteiger partial charge in [0.15, 0.2) is 0 Å². The molecular weight excluding hydrogens is 81.0 g/mol. The van der Waals surface area contributed by atoms with Crippen LogP contribution in [0.1, 0.15) is 0 Å². The first-order chi connectivity index (χ1) is 2.27. The van der Waals surface area contributed by atoms with Crippen LogP contribution in [0.15, 0.2) is 0 Å². The summed E-state index contributed by atoms with van der Waals surface area (Å²) in [6.07, 6.45) is 1.06. The lowest BCUT2D eigenvalue weighted by Gasteiger charge is -1.99. The van der Waals surface area contributed by atoms with Gasteiger partial charge in [0, 0.05) is 6.29 Å². The first-order valence-electron chi connectivity index (χ1n) is 1.62. The van der Waals surface area contributed by atoms with Crippen LogP contribution in [0.5, 0.6) is 0 Å². The SMILES string of the molecule is CN(C)CP. The summed E-state index contributed by atoms with van der Waals surface area (Å²) in [5.74, 6) is 0. The minimum Gasteiger partial charge on any atom is -0.306 e. The molecule has 0 amide bonds. The highest BCUT2D eigenvalue weighted by Crippen LogP contribution is 1.79. The van der Waals surface area contributed by atoms with Gasteiger partial charge in [-0.15, -0.1) is 9.24 Å². The van der Waals surface area contributed by atoms with Crippen LogP contribution in [0.25, 0.3) is 0 Å². The maximum atomic E-state index is 2.62. The van der Waals surface area contributed by atoms with E-state index in [4.69, 9.17) is 0 Å². The zero-order valence-corrected chi connectivity index (χ0v) is 4.89. The van der Waals surface area contributed by atoms with Gasteiger partial charge in [-0.1, -0.05) is 0 Å². The molecular formula is C3H10NP. The summed E-state index contributed by atoms with van der Waals surface area (Å²) in [4.78, 5) is 2.09. The van der Waals surface area contributed by atoms with Gasteiger partial charge in [0.2, 0.25) is 0 Å². The summed E-state index contributed by atoms with van der Waals surface area (Å²) in [5.41, 5.74) is 0. The second-order valence-corrected chi connectivity index (χ2v) is 1.63. The molecule has 1 unspecified atom stereocenters. The zero-order chi connectivity index (χ0) is 4.28. The van der Waals surface area contributed by atoms with E-state index in [0.717, 1.165) is 6.29 Å². The Morgan fingerprint density at radius 2 is 1.80 bits per heavy atom. The van der Waals surface area contributed by atoms with Crippen LogP contribution in [-0.4, -0.2) is 25.3 Å². The average molecular weight is 91.1 g/mol. The van der Waals surface area contributed by atoms with E-state index in [-0.39, 0.29) is 0 Å². The third kappa shape index (κ3) is 4.39. The molecule has 0 heterocycles. The fraction of sp³-hybridized carbons (Fsp3) is 1.00. The molecule has 2 heteroatoms. The molecule has 0 saturated heterocycles. The van der Waals surface area contributed by atoms with Crippen molar-refractivity contribution < 1.29 is 0 Å². The number of nitrogens with zero attached hydrogens (tertiary/aromatic N) is 1. The molecule has 0 fully saturated rings. The molecule has 0 N–H and O–H groups in total. The third-order valence-corrected chi connectivity index (χ3v) is 1.10. The van der Waals surface area contributed by atoms with Gasteiger partial charge in [-0.2, -0.15) is 0 Å². The van der Waals surface area contributed by atoms with E-state index in [1.807, 2.05) is 14.1 Å². The van der Waals surface area contributed by atoms with Crippen molar-refractivity contribution in [3.8, 4) is 0 Å². The van der Waals surface area contributed by atoms with Crippen molar-refractivity contribution in [2.75, 3.05) is 20.4 Å². The van der Waals surface area contributed by atoms with E-state index in [1.54, 1.807) is 0 Å². The van der Waals surface area contributed by atoms with Crippen LogP contribution >= 0.6 is 9.24 Å². The second-order valence-electron chi connectivity index (χ2n) is 1.26. The van der Waals surface area contributed by atoms with Crippen molar-refractivity contribution in [3.05, 3.63) is 0 Å². The Balaban J connectivity index is 2.54. The van der Waals surface area contributed by atoms with Crippen LogP contribution in [0.4, 0.5) is 0 Å². The minimum atomic E-state index is 1.06. The quantitative estimate of drug-likeness (QED) is 0.422. The smallest absolute Gasteiger partial charge is 0.0120 e. The maximum Gasteiger partial charge on any atom is 0.0120 e. The third-order valence-electron chi connectivity index (χ3n) is 0.365. The summed E-state index contributed by atoms with van der Waals surface area (Å²) in [6, 6.07) is 0. The molecule has 32 valence electrons. The largest absolute Gasteiger partial charge is 0.306 e. The summed E-state index contributed by atoms with van der Waals surface area (Å²) in [5, 5.41) is 0. The number of hydrogen-bond acceptors (Lipinski definition) is 1. The van der Waals surface area contributed by atoms with Crippen molar-refractivity contribution in [1.82, 2.24) is 4.90 Å². The fourth-order valence-corrected chi connectivity index (χ4v) is 0. The van der Waals surface area contributed by atoms with E-state index in [1.165, 1.54) is 0 Å². The molecule has 0 bridgehead atoms. The molecule has 1 nitrogen and oxygen atoms in total. The first-order valence-corrected chi connectivity index (χ1v) is 2.44. The molecule has 0 aromatic heterocycles. The molecule has 0 aromatic carbocycles. The van der Waals surface area contributed by atoms with Crippen LogP contribution < -0.4 is 0 Å². The van der Waals surface area contributed by atoms with Crippen LogP contribution in [-0.2, 0) is 0 Å². The highest BCUT2D eigenvalue weighted by Gasteiger charge is 1.72. The molecule has 1 atom stereocenters. The summed E-state index contributed by atoms with van der Waals surface area (Å²) in [6.45, 7) is 0. The standard InChI is InChI=1S/C3H10NP/c1-4(2)3-5/h3,5H2,1-2H3. The molecule has 0 radical (unpaired) electrons. The Morgan fingerprint density at radius 1 is 1.60 bits per heavy atom. The van der Waals surface area contributed by atoms with E-state index >= 15 is 0 Å². The summed E-state index contributed by atoms with van der Waals surface area (Å²) >= 11 is 0. The lowest BCUT2D eigenvalue weighted by molar-refractivity contribution is 0.485. The van der Waals surface area contributed by atoms with Gasteiger partial charge in [0.25, 0.3) is 0 Å². The Morgan fingerprint density at radius 3 is 1.80 bits per heavy atom. The Bertz CT molecular complexity index is 20.9. The predicted molar refractivity (Wildman–Crippen MR) is 28.3 cm³/mol. The van der Waals surface area contributed by atoms with Gasteiger partial charge >= 0.3 is 0 Å². The molecule has 0 saturated carbocycles. The van der Waals surface area contributed by atoms with Gasteiger partial charge in [0.05, 0.1) is 0 Å². The summed E-state index contributed by atoms with van der Waals surface area (Å²) < 4.78 is 0. The normalized spacial score (nSPS) is 9.60. The monoisotopic (exact) mass is 91.1 g/mol. The molecule has 0 rings (SSSR count). The van der Waals surface area contributed by atoms with Crippen molar-refractivity contribution in [2.45, 2.75) is 0 Å². The number of rotatable bonds is 1. The van der Waals surface area contributed by atoms with Crippen molar-refractivity contribution in [3.63, 3.8) is 0 Å². The Kier molecular flexibility index (Phi) is 2.82. The highest BCUT2D eigenvalue weighted by atomic mass is 31.0. The number of hydrogen-bond donors (Lipinski definition) is 0. The van der Waals surface area contributed by atoms with E-state index in [2.05, 4.69) is 14.1 Å². The van der Waals surface area contributed by atoms with E-state index in [0.29, 0.717) is 0 Å². The Hall–Kier alpha value is 0.390. The second kappa shape index (κ2) is 2.62. The topological polar surface area (TPSA) is 3.24 Å². The summed E-state index contributed by atoms with van der Waals surface area (Å²) in [7, 11) is 6.69. The van der Waals surface area contributed by atoms with E-state index < -0.39 is 0 Å². The molecule has 5 heavy (non-hydrogen) atoms. The van der Waals surface area contributed by atoms with Crippen molar-refractivity contribution >= 4 is 9.24 Å². The minimum absolute atomic E-state index is 1.06. The fourth-order valence-electron chi connectivity index (χ4n) is 0. The Labute approximate surface area is 35.6 Å². The van der Waals surface area contributed by atoms with Crippen molar-refractivity contribution in [1.29, 1.82) is 0 Å². The average Bonchev–Trinajstić information content (AvgIpc) is 1.38. The van der Waals surface area contributed by atoms with Crippen LogP contribution in [0, 0.1) is 0 Å². The van der Waals surface area contributed by atoms with Crippen molar-refractivity contribution in [2.24, 2.45) is 0 Å². The highest BCUT2D eigenvalue weighted by molar-refractivity contribution is 7.16.